The van der Waals surface area contributed by atoms with Crippen LogP contribution in [-0.2, 0) is 4.74 Å². The Labute approximate surface area is 165 Å². The second-order valence-electron chi connectivity index (χ2n) is 7.10. The van der Waals surface area contributed by atoms with Crippen molar-refractivity contribution in [2.24, 2.45) is 0 Å². The quantitative estimate of drug-likeness (QED) is 0.610. The molecule has 3 aromatic rings. The third-order valence-electron chi connectivity index (χ3n) is 4.95. The normalized spacial score (nSPS) is 20.8. The zero-order valence-electron chi connectivity index (χ0n) is 15.9. The van der Waals surface area contributed by atoms with Gasteiger partial charge in [0, 0.05) is 18.4 Å². The molecule has 3 aromatic heterocycles. The molecule has 3 N–H and O–H groups in total. The van der Waals surface area contributed by atoms with Gasteiger partial charge in [-0.1, -0.05) is 0 Å². The fraction of sp³-hybridized carbons (Fsp3) is 0.421. The van der Waals surface area contributed by atoms with Gasteiger partial charge >= 0.3 is 0 Å². The van der Waals surface area contributed by atoms with Gasteiger partial charge in [-0.15, -0.1) is 0 Å². The first-order chi connectivity index (χ1) is 13.8. The average molecular weight is 405 g/mol. The van der Waals surface area contributed by atoms with E-state index in [1.807, 2.05) is 0 Å². The molecule has 4 heterocycles. The molecular formula is C19H21F2N5O3. The van der Waals surface area contributed by atoms with Crippen molar-refractivity contribution in [3.63, 3.8) is 0 Å². The minimum absolute atomic E-state index is 0.0419. The summed E-state index contributed by atoms with van der Waals surface area (Å²) in [6.07, 6.45) is 1.40. The maximum Gasteiger partial charge on any atom is 0.223 e. The minimum Gasteiger partial charge on any atom is -0.389 e. The number of fused-ring (bicyclic) bond motifs is 1. The van der Waals surface area contributed by atoms with Gasteiger partial charge in [-0.05, 0) is 26.3 Å². The lowest BCUT2D eigenvalue weighted by atomic mass is 10.1. The fourth-order valence-corrected chi connectivity index (χ4v) is 3.56. The van der Waals surface area contributed by atoms with Crippen LogP contribution in [0.2, 0.25) is 0 Å². The van der Waals surface area contributed by atoms with E-state index >= 15 is 0 Å². The van der Waals surface area contributed by atoms with Crippen molar-refractivity contribution >= 4 is 11.6 Å². The standard InChI is InChI=1S/C19H21F2N5O3/c1-9-17(10(2)27)26-7-11(5-12(20)18(26)23-9)16-13(21)6-22-19(25-16)24-14-3-4-29-8-15(14)28/h5-7,10,14-15,27-28H,3-4,8H2,1-2H3,(H,22,24,25)/t10?,14-,15-/m1/s1. The summed E-state index contributed by atoms with van der Waals surface area (Å²) in [5.41, 5.74) is 1.01. The summed E-state index contributed by atoms with van der Waals surface area (Å²) in [4.78, 5) is 12.3. The molecule has 1 fully saturated rings. The first-order valence-electron chi connectivity index (χ1n) is 9.26. The number of imidazole rings is 1. The maximum atomic E-state index is 14.7. The number of aliphatic hydroxyl groups excluding tert-OH is 2. The number of rotatable bonds is 4. The lowest BCUT2D eigenvalue weighted by Gasteiger charge is -2.28. The molecule has 8 nitrogen and oxygen atoms in total. The Kier molecular flexibility index (Phi) is 5.15. The van der Waals surface area contributed by atoms with E-state index in [1.54, 1.807) is 13.8 Å². The molecule has 4 rings (SSSR count). The summed E-state index contributed by atoms with van der Waals surface area (Å²) in [6.45, 7) is 3.89. The van der Waals surface area contributed by atoms with Gasteiger partial charge in [0.25, 0.3) is 0 Å². The molecule has 0 aromatic carbocycles. The van der Waals surface area contributed by atoms with Crippen LogP contribution in [0.5, 0.6) is 0 Å². The van der Waals surface area contributed by atoms with Crippen LogP contribution in [0.3, 0.4) is 0 Å². The first kappa shape index (κ1) is 19.6. The molecule has 0 spiro atoms. The Morgan fingerprint density at radius 3 is 2.83 bits per heavy atom. The molecule has 154 valence electrons. The van der Waals surface area contributed by atoms with Crippen LogP contribution in [0.4, 0.5) is 14.7 Å². The summed E-state index contributed by atoms with van der Waals surface area (Å²) in [5, 5.41) is 23.0. The van der Waals surface area contributed by atoms with Gasteiger partial charge in [-0.2, -0.15) is 0 Å². The van der Waals surface area contributed by atoms with Gasteiger partial charge in [0.1, 0.15) is 5.69 Å². The van der Waals surface area contributed by atoms with Gasteiger partial charge < -0.3 is 20.3 Å². The molecular weight excluding hydrogens is 384 g/mol. The number of hydrogen-bond donors (Lipinski definition) is 3. The van der Waals surface area contributed by atoms with E-state index in [-0.39, 0.29) is 35.5 Å². The van der Waals surface area contributed by atoms with E-state index in [0.717, 1.165) is 12.3 Å². The highest BCUT2D eigenvalue weighted by atomic mass is 19.1. The first-order valence-corrected chi connectivity index (χ1v) is 9.26. The van der Waals surface area contributed by atoms with E-state index < -0.39 is 23.8 Å². The highest BCUT2D eigenvalue weighted by molar-refractivity contribution is 5.63. The third kappa shape index (κ3) is 3.66. The van der Waals surface area contributed by atoms with Crippen molar-refractivity contribution in [3.05, 3.63) is 41.5 Å². The molecule has 3 atom stereocenters. The van der Waals surface area contributed by atoms with Crippen LogP contribution >= 0.6 is 0 Å². The van der Waals surface area contributed by atoms with E-state index in [4.69, 9.17) is 4.74 Å². The van der Waals surface area contributed by atoms with Crippen LogP contribution in [0.15, 0.2) is 18.5 Å². The fourth-order valence-electron chi connectivity index (χ4n) is 3.56. The van der Waals surface area contributed by atoms with Gasteiger partial charge in [-0.25, -0.2) is 23.7 Å². The monoisotopic (exact) mass is 405 g/mol. The smallest absolute Gasteiger partial charge is 0.223 e. The number of nitrogens with zero attached hydrogens (tertiary/aromatic N) is 4. The Balaban J connectivity index is 1.76. The van der Waals surface area contributed by atoms with Gasteiger partial charge in [0.05, 0.1) is 42.4 Å². The Morgan fingerprint density at radius 2 is 2.10 bits per heavy atom. The molecule has 29 heavy (non-hydrogen) atoms. The molecule has 1 saturated heterocycles. The predicted molar refractivity (Wildman–Crippen MR) is 100 cm³/mol. The van der Waals surface area contributed by atoms with Crippen LogP contribution in [-0.4, -0.2) is 54.9 Å². The van der Waals surface area contributed by atoms with Crippen LogP contribution in [0.1, 0.15) is 30.8 Å². The van der Waals surface area contributed by atoms with Crippen molar-refractivity contribution in [3.8, 4) is 11.3 Å². The van der Waals surface area contributed by atoms with Crippen molar-refractivity contribution < 1.29 is 23.7 Å². The third-order valence-corrected chi connectivity index (χ3v) is 4.95. The largest absolute Gasteiger partial charge is 0.389 e. The number of hydrogen-bond acceptors (Lipinski definition) is 7. The second-order valence-corrected chi connectivity index (χ2v) is 7.10. The van der Waals surface area contributed by atoms with Crippen molar-refractivity contribution in [1.82, 2.24) is 19.4 Å². The number of aryl methyl sites for hydroxylation is 1. The number of aromatic nitrogens is 4. The van der Waals surface area contributed by atoms with Crippen LogP contribution < -0.4 is 5.32 Å². The van der Waals surface area contributed by atoms with E-state index in [1.165, 1.54) is 10.6 Å². The number of aliphatic hydroxyl groups is 2. The SMILES string of the molecule is Cc1nc2c(F)cc(-c3nc(N[C@@H]4CCOC[C@H]4O)ncc3F)cn2c1C(C)O. The molecule has 0 aliphatic carbocycles. The number of pyridine rings is 1. The number of anilines is 1. The zero-order chi connectivity index (χ0) is 20.7. The molecule has 0 amide bonds. The Morgan fingerprint density at radius 1 is 1.31 bits per heavy atom. The van der Waals surface area contributed by atoms with E-state index in [0.29, 0.717) is 24.4 Å². The number of halogens is 2. The molecule has 0 bridgehead atoms. The molecule has 0 radical (unpaired) electrons. The van der Waals surface area contributed by atoms with Gasteiger partial charge in [0.2, 0.25) is 5.95 Å². The molecule has 10 heteroatoms. The second kappa shape index (κ2) is 7.62. The molecule has 1 aliphatic rings. The van der Waals surface area contributed by atoms with E-state index in [2.05, 4.69) is 20.3 Å². The molecule has 1 unspecified atom stereocenters. The summed E-state index contributed by atoms with van der Waals surface area (Å²) in [5.74, 6) is -1.27. The predicted octanol–water partition coefficient (Wildman–Crippen LogP) is 1.99. The van der Waals surface area contributed by atoms with Crippen molar-refractivity contribution in [2.75, 3.05) is 18.5 Å². The lowest BCUT2D eigenvalue weighted by Crippen LogP contribution is -2.42. The molecule has 0 saturated carbocycles. The summed E-state index contributed by atoms with van der Waals surface area (Å²) >= 11 is 0. The molecule has 1 aliphatic heterocycles. The van der Waals surface area contributed by atoms with Crippen LogP contribution in [0, 0.1) is 18.6 Å². The summed E-state index contributed by atoms with van der Waals surface area (Å²) in [6, 6.07) is 0.811. The highest BCUT2D eigenvalue weighted by Crippen LogP contribution is 2.28. The summed E-state index contributed by atoms with van der Waals surface area (Å²) in [7, 11) is 0. The number of nitrogens with one attached hydrogen (secondary N) is 1. The average Bonchev–Trinajstić information content (AvgIpc) is 3.02. The Bertz CT molecular complexity index is 1060. The number of ether oxygens (including phenoxy) is 1. The van der Waals surface area contributed by atoms with Crippen molar-refractivity contribution in [2.45, 2.75) is 38.5 Å². The lowest BCUT2D eigenvalue weighted by molar-refractivity contribution is -0.0136. The Hall–Kier alpha value is -2.69. The topological polar surface area (TPSA) is 105 Å². The maximum absolute atomic E-state index is 14.7. The minimum atomic E-state index is -0.887. The van der Waals surface area contributed by atoms with Crippen molar-refractivity contribution in [1.29, 1.82) is 0 Å². The van der Waals surface area contributed by atoms with E-state index in [9.17, 15) is 19.0 Å². The van der Waals surface area contributed by atoms with Crippen LogP contribution in [0.25, 0.3) is 16.9 Å². The van der Waals surface area contributed by atoms with Gasteiger partial charge in [0.15, 0.2) is 17.3 Å². The highest BCUT2D eigenvalue weighted by Gasteiger charge is 2.25. The van der Waals surface area contributed by atoms with Gasteiger partial charge in [-0.3, -0.25) is 4.40 Å². The summed E-state index contributed by atoms with van der Waals surface area (Å²) < 4.78 is 35.7. The zero-order valence-corrected chi connectivity index (χ0v) is 15.9.